The maximum absolute atomic E-state index is 13.5. The normalized spacial score (nSPS) is 10.7. The van der Waals surface area contributed by atoms with Crippen molar-refractivity contribution in [3.63, 3.8) is 0 Å². The second-order valence-corrected chi connectivity index (χ2v) is 4.70. The third kappa shape index (κ3) is 2.41. The fourth-order valence-electron chi connectivity index (χ4n) is 2.26. The molecule has 0 aliphatic carbocycles. The molecule has 0 bridgehead atoms. The molecule has 0 spiro atoms. The Morgan fingerprint density at radius 1 is 1.05 bits per heavy atom. The first kappa shape index (κ1) is 14.1. The molecule has 2 aromatic carbocycles. The topological polar surface area (TPSA) is 39.2 Å². The van der Waals surface area contributed by atoms with Crippen LogP contribution in [0.25, 0.3) is 22.2 Å². The van der Waals surface area contributed by atoms with Crippen LogP contribution in [0.5, 0.6) is 0 Å². The number of carbonyl (C=O) groups is 1. The van der Waals surface area contributed by atoms with E-state index < -0.39 is 17.6 Å². The molecule has 22 heavy (non-hydrogen) atoms. The highest BCUT2D eigenvalue weighted by atomic mass is 19.2. The van der Waals surface area contributed by atoms with Crippen LogP contribution in [0.3, 0.4) is 0 Å². The number of halogens is 2. The minimum Gasteiger partial charge on any atom is -0.465 e. The first-order valence-corrected chi connectivity index (χ1v) is 6.53. The van der Waals surface area contributed by atoms with Gasteiger partial charge in [0.05, 0.1) is 23.9 Å². The van der Waals surface area contributed by atoms with Gasteiger partial charge in [0.1, 0.15) is 0 Å². The van der Waals surface area contributed by atoms with E-state index in [9.17, 15) is 13.6 Å². The number of carbonyl (C=O) groups excluding carboxylic acids is 1. The molecular weight excluding hydrogens is 288 g/mol. The average Bonchev–Trinajstić information content (AvgIpc) is 2.55. The predicted octanol–water partition coefficient (Wildman–Crippen LogP) is 3.97. The van der Waals surface area contributed by atoms with Crippen molar-refractivity contribution in [2.75, 3.05) is 7.11 Å². The molecule has 1 heterocycles. The second-order valence-electron chi connectivity index (χ2n) is 4.70. The third-order valence-corrected chi connectivity index (χ3v) is 3.33. The number of esters is 1. The van der Waals surface area contributed by atoms with Gasteiger partial charge in [0.2, 0.25) is 0 Å². The molecule has 0 unspecified atom stereocenters. The molecule has 5 heteroatoms. The van der Waals surface area contributed by atoms with Gasteiger partial charge >= 0.3 is 5.97 Å². The third-order valence-electron chi connectivity index (χ3n) is 3.33. The van der Waals surface area contributed by atoms with E-state index in [1.54, 1.807) is 0 Å². The van der Waals surface area contributed by atoms with E-state index in [-0.39, 0.29) is 16.5 Å². The molecular formula is C17H11F2NO2. The molecule has 1 aromatic heterocycles. The molecule has 110 valence electrons. The summed E-state index contributed by atoms with van der Waals surface area (Å²) in [6, 6.07) is 12.6. The van der Waals surface area contributed by atoms with Crippen molar-refractivity contribution in [1.82, 2.24) is 4.98 Å². The number of methoxy groups -OCH3 is 1. The summed E-state index contributed by atoms with van der Waals surface area (Å²) in [4.78, 5) is 16.3. The lowest BCUT2D eigenvalue weighted by atomic mass is 10.0. The van der Waals surface area contributed by atoms with Crippen LogP contribution < -0.4 is 0 Å². The summed E-state index contributed by atoms with van der Waals surface area (Å²) in [5.41, 5.74) is 1.59. The second kappa shape index (κ2) is 5.52. The fourth-order valence-corrected chi connectivity index (χ4v) is 2.26. The molecule has 0 radical (unpaired) electrons. The zero-order chi connectivity index (χ0) is 15.7. The van der Waals surface area contributed by atoms with E-state index in [1.165, 1.54) is 13.2 Å². The van der Waals surface area contributed by atoms with Crippen molar-refractivity contribution in [1.29, 1.82) is 0 Å². The minimum absolute atomic E-state index is 0.144. The standard InChI is InChI=1S/C17H11F2NO2/c1-22-17(21)12-8-15(10-5-3-2-4-6-10)20-16-9-14(19)13(18)7-11(12)16/h2-9H,1H3. The van der Waals surface area contributed by atoms with Gasteiger partial charge in [0, 0.05) is 17.0 Å². The van der Waals surface area contributed by atoms with E-state index in [4.69, 9.17) is 4.74 Å². The first-order valence-electron chi connectivity index (χ1n) is 6.53. The Morgan fingerprint density at radius 3 is 2.41 bits per heavy atom. The monoisotopic (exact) mass is 299 g/mol. The van der Waals surface area contributed by atoms with Gasteiger partial charge in [-0.25, -0.2) is 18.6 Å². The summed E-state index contributed by atoms with van der Waals surface area (Å²) in [5, 5.41) is 0.213. The molecule has 0 aliphatic rings. The van der Waals surface area contributed by atoms with Crippen molar-refractivity contribution in [3.05, 3.63) is 65.7 Å². The molecule has 0 amide bonds. The van der Waals surface area contributed by atoms with E-state index >= 15 is 0 Å². The number of hydrogen-bond acceptors (Lipinski definition) is 3. The van der Waals surface area contributed by atoms with Gasteiger partial charge in [-0.2, -0.15) is 0 Å². The number of ether oxygens (including phenoxy) is 1. The van der Waals surface area contributed by atoms with Gasteiger partial charge in [-0.05, 0) is 12.1 Å². The van der Waals surface area contributed by atoms with Gasteiger partial charge in [0.15, 0.2) is 11.6 Å². The largest absolute Gasteiger partial charge is 0.465 e. The van der Waals surface area contributed by atoms with Crippen LogP contribution in [-0.2, 0) is 4.74 Å². The number of benzene rings is 2. The van der Waals surface area contributed by atoms with Gasteiger partial charge in [0.25, 0.3) is 0 Å². The van der Waals surface area contributed by atoms with E-state index in [0.717, 1.165) is 17.7 Å². The summed E-state index contributed by atoms with van der Waals surface area (Å²) in [5.74, 6) is -2.68. The molecule has 0 aliphatic heterocycles. The van der Waals surface area contributed by atoms with Crippen molar-refractivity contribution < 1.29 is 18.3 Å². The maximum Gasteiger partial charge on any atom is 0.338 e. The van der Waals surface area contributed by atoms with Crippen LogP contribution in [0.4, 0.5) is 8.78 Å². The SMILES string of the molecule is COC(=O)c1cc(-c2ccccc2)nc2cc(F)c(F)cc12. The lowest BCUT2D eigenvalue weighted by Crippen LogP contribution is -2.04. The number of aromatic nitrogens is 1. The zero-order valence-corrected chi connectivity index (χ0v) is 11.6. The lowest BCUT2D eigenvalue weighted by molar-refractivity contribution is 0.0603. The van der Waals surface area contributed by atoms with Crippen molar-refractivity contribution >= 4 is 16.9 Å². The van der Waals surface area contributed by atoms with Gasteiger partial charge in [-0.1, -0.05) is 30.3 Å². The van der Waals surface area contributed by atoms with Crippen molar-refractivity contribution in [2.45, 2.75) is 0 Å². The Morgan fingerprint density at radius 2 is 1.73 bits per heavy atom. The quantitative estimate of drug-likeness (QED) is 0.672. The summed E-state index contributed by atoms with van der Waals surface area (Å²) >= 11 is 0. The molecule has 3 aromatic rings. The molecule has 3 rings (SSSR count). The van der Waals surface area contributed by atoms with Crippen LogP contribution in [-0.4, -0.2) is 18.1 Å². The first-order chi connectivity index (χ1) is 10.6. The Bertz CT molecular complexity index is 863. The lowest BCUT2D eigenvalue weighted by Gasteiger charge is -2.09. The van der Waals surface area contributed by atoms with E-state index in [2.05, 4.69) is 4.98 Å². The van der Waals surface area contributed by atoms with E-state index in [0.29, 0.717) is 5.69 Å². The number of fused-ring (bicyclic) bond motifs is 1. The van der Waals surface area contributed by atoms with Crippen LogP contribution in [0.15, 0.2) is 48.5 Å². The van der Waals surface area contributed by atoms with Gasteiger partial charge < -0.3 is 4.74 Å². The highest BCUT2D eigenvalue weighted by molar-refractivity contribution is 6.04. The Labute approximate surface area is 125 Å². The average molecular weight is 299 g/mol. The summed E-state index contributed by atoms with van der Waals surface area (Å²) < 4.78 is 31.7. The molecule has 0 N–H and O–H groups in total. The molecule has 3 nitrogen and oxygen atoms in total. The smallest absolute Gasteiger partial charge is 0.338 e. The Kier molecular flexibility index (Phi) is 3.55. The highest BCUT2D eigenvalue weighted by Crippen LogP contribution is 2.27. The number of nitrogens with zero attached hydrogens (tertiary/aromatic N) is 1. The zero-order valence-electron chi connectivity index (χ0n) is 11.6. The number of hydrogen-bond donors (Lipinski definition) is 0. The molecule has 0 atom stereocenters. The molecule has 0 saturated heterocycles. The Hall–Kier alpha value is -2.82. The van der Waals surface area contributed by atoms with Crippen LogP contribution in [0.1, 0.15) is 10.4 Å². The van der Waals surface area contributed by atoms with Crippen molar-refractivity contribution in [2.24, 2.45) is 0 Å². The van der Waals surface area contributed by atoms with Crippen molar-refractivity contribution in [3.8, 4) is 11.3 Å². The molecule has 0 saturated carbocycles. The van der Waals surface area contributed by atoms with Crippen LogP contribution in [0, 0.1) is 11.6 Å². The minimum atomic E-state index is -1.04. The van der Waals surface area contributed by atoms with Crippen LogP contribution in [0.2, 0.25) is 0 Å². The van der Waals surface area contributed by atoms with Crippen LogP contribution >= 0.6 is 0 Å². The summed E-state index contributed by atoms with van der Waals surface area (Å²) in [6.45, 7) is 0. The number of rotatable bonds is 2. The van der Waals surface area contributed by atoms with Gasteiger partial charge in [-0.3, -0.25) is 0 Å². The fraction of sp³-hybridized carbons (Fsp3) is 0.0588. The molecule has 0 fully saturated rings. The van der Waals surface area contributed by atoms with E-state index in [1.807, 2.05) is 30.3 Å². The maximum atomic E-state index is 13.5. The van der Waals surface area contributed by atoms with Gasteiger partial charge in [-0.15, -0.1) is 0 Å². The summed E-state index contributed by atoms with van der Waals surface area (Å²) in [7, 11) is 1.23. The highest BCUT2D eigenvalue weighted by Gasteiger charge is 2.16. The Balaban J connectivity index is 2.33. The number of pyridine rings is 1. The predicted molar refractivity (Wildman–Crippen MR) is 78.4 cm³/mol. The summed E-state index contributed by atoms with van der Waals surface area (Å²) in [6.07, 6.45) is 0.